The highest BCUT2D eigenvalue weighted by Gasteiger charge is 2.22. The molecule has 0 heterocycles. The molecule has 0 bridgehead atoms. The lowest BCUT2D eigenvalue weighted by Crippen LogP contribution is -2.00. The molecule has 0 amide bonds. The third-order valence-corrected chi connectivity index (χ3v) is 4.56. The molecule has 0 fully saturated rings. The second-order valence-electron chi connectivity index (χ2n) is 3.94. The summed E-state index contributed by atoms with van der Waals surface area (Å²) >= 11 is 0. The topological polar surface area (TPSA) is 35.5 Å². The van der Waals surface area contributed by atoms with E-state index in [-0.39, 0.29) is 0 Å². The van der Waals surface area contributed by atoms with Gasteiger partial charge in [-0.25, -0.2) is 0 Å². The molecule has 0 aromatic heterocycles. The predicted octanol–water partition coefficient (Wildman–Crippen LogP) is 4.08. The third kappa shape index (κ3) is 6.59. The quantitative estimate of drug-likeness (QED) is 0.429. The number of rotatable bonds is 7. The Morgan fingerprint density at radius 3 is 2.32 bits per heavy atom. The molecule has 0 spiro atoms. The Labute approximate surface area is 115 Å². The molecular weight excluding hydrogens is 259 g/mol. The van der Waals surface area contributed by atoms with Gasteiger partial charge in [0.1, 0.15) is 0 Å². The van der Waals surface area contributed by atoms with Crippen molar-refractivity contribution in [2.75, 3.05) is 19.4 Å². The van der Waals surface area contributed by atoms with E-state index in [4.69, 9.17) is 9.05 Å². The molecule has 0 aliphatic heterocycles. The maximum absolute atomic E-state index is 12.2. The van der Waals surface area contributed by atoms with Gasteiger partial charge in [-0.05, 0) is 32.4 Å². The van der Waals surface area contributed by atoms with Crippen molar-refractivity contribution in [2.45, 2.75) is 26.7 Å². The maximum Gasteiger partial charge on any atom is 0.330 e. The monoisotopic (exact) mass is 280 g/mol. The molecular formula is C15H21O3P. The molecule has 0 N–H and O–H groups in total. The van der Waals surface area contributed by atoms with E-state index in [0.29, 0.717) is 25.8 Å². The van der Waals surface area contributed by atoms with Crippen LogP contribution in [0.2, 0.25) is 0 Å². The molecule has 1 rings (SSSR count). The van der Waals surface area contributed by atoms with Gasteiger partial charge in [0.05, 0.1) is 19.4 Å². The van der Waals surface area contributed by atoms with E-state index in [0.717, 1.165) is 12.0 Å². The summed E-state index contributed by atoms with van der Waals surface area (Å²) in [6, 6.07) is 9.83. The van der Waals surface area contributed by atoms with Crippen molar-refractivity contribution < 1.29 is 13.6 Å². The highest BCUT2D eigenvalue weighted by Crippen LogP contribution is 2.48. The molecule has 4 heteroatoms. The van der Waals surface area contributed by atoms with Gasteiger partial charge in [0, 0.05) is 12.0 Å². The summed E-state index contributed by atoms with van der Waals surface area (Å²) < 4.78 is 22.6. The molecule has 19 heavy (non-hydrogen) atoms. The zero-order valence-corrected chi connectivity index (χ0v) is 12.5. The Kier molecular flexibility index (Phi) is 7.52. The maximum atomic E-state index is 12.2. The number of unbranched alkanes of at least 4 members (excludes halogenated alkanes) is 1. The van der Waals surface area contributed by atoms with E-state index in [1.807, 2.05) is 44.2 Å². The highest BCUT2D eigenvalue weighted by molar-refractivity contribution is 7.53. The highest BCUT2D eigenvalue weighted by atomic mass is 31.2. The standard InChI is InChI=1S/C15H21O3P/c1-3-17-19(16,18-4-2)14-10-6-9-13-15-11-7-5-8-12-15/h5,7-8,11-12H,3-4,6,10,14H2,1-2H3. The minimum Gasteiger partial charge on any atom is -0.309 e. The fourth-order valence-corrected chi connectivity index (χ4v) is 3.27. The molecule has 1 aromatic rings. The molecule has 1 aromatic carbocycles. The smallest absolute Gasteiger partial charge is 0.309 e. The molecule has 0 saturated carbocycles. The Morgan fingerprint density at radius 2 is 1.74 bits per heavy atom. The molecule has 0 unspecified atom stereocenters. The van der Waals surface area contributed by atoms with E-state index in [1.165, 1.54) is 0 Å². The Balaban J connectivity index is 2.37. The van der Waals surface area contributed by atoms with Gasteiger partial charge in [0.25, 0.3) is 0 Å². The first-order valence-electron chi connectivity index (χ1n) is 6.62. The zero-order valence-electron chi connectivity index (χ0n) is 11.6. The van der Waals surface area contributed by atoms with Crippen molar-refractivity contribution in [2.24, 2.45) is 0 Å². The van der Waals surface area contributed by atoms with Crippen molar-refractivity contribution >= 4 is 7.60 Å². The number of hydrogen-bond donors (Lipinski definition) is 0. The zero-order chi connectivity index (χ0) is 14.0. The van der Waals surface area contributed by atoms with Crippen LogP contribution < -0.4 is 0 Å². The first kappa shape index (κ1) is 16.0. The Hall–Kier alpha value is -1.07. The minimum atomic E-state index is -2.90. The summed E-state index contributed by atoms with van der Waals surface area (Å²) in [4.78, 5) is 0. The molecule has 0 aliphatic rings. The first-order chi connectivity index (χ1) is 9.20. The van der Waals surface area contributed by atoms with Crippen LogP contribution in [0.3, 0.4) is 0 Å². The van der Waals surface area contributed by atoms with Gasteiger partial charge >= 0.3 is 7.60 Å². The molecule has 3 nitrogen and oxygen atoms in total. The first-order valence-corrected chi connectivity index (χ1v) is 8.35. The molecule has 0 saturated heterocycles. The van der Waals surface area contributed by atoms with Crippen molar-refractivity contribution in [3.05, 3.63) is 35.9 Å². The van der Waals surface area contributed by atoms with Gasteiger partial charge in [0.15, 0.2) is 0 Å². The second-order valence-corrected chi connectivity index (χ2v) is 6.13. The van der Waals surface area contributed by atoms with Crippen LogP contribution in [-0.2, 0) is 13.6 Å². The van der Waals surface area contributed by atoms with E-state index in [1.54, 1.807) is 0 Å². The lowest BCUT2D eigenvalue weighted by atomic mass is 10.2. The second kappa shape index (κ2) is 8.93. The van der Waals surface area contributed by atoms with Crippen molar-refractivity contribution in [3.8, 4) is 11.8 Å². The number of hydrogen-bond acceptors (Lipinski definition) is 3. The van der Waals surface area contributed by atoms with Crippen LogP contribution in [0.1, 0.15) is 32.3 Å². The van der Waals surface area contributed by atoms with Gasteiger partial charge in [0.2, 0.25) is 0 Å². The van der Waals surface area contributed by atoms with E-state index in [9.17, 15) is 4.57 Å². The van der Waals surface area contributed by atoms with E-state index >= 15 is 0 Å². The summed E-state index contributed by atoms with van der Waals surface area (Å²) in [7, 11) is -2.90. The van der Waals surface area contributed by atoms with Crippen LogP contribution in [0.25, 0.3) is 0 Å². The normalized spacial score (nSPS) is 10.8. The third-order valence-electron chi connectivity index (χ3n) is 2.39. The molecule has 0 radical (unpaired) electrons. The minimum absolute atomic E-state index is 0.410. The molecule has 0 atom stereocenters. The van der Waals surface area contributed by atoms with Gasteiger partial charge < -0.3 is 9.05 Å². The largest absolute Gasteiger partial charge is 0.330 e. The Morgan fingerprint density at radius 1 is 1.11 bits per heavy atom. The van der Waals surface area contributed by atoms with Crippen LogP contribution in [0, 0.1) is 11.8 Å². The van der Waals surface area contributed by atoms with E-state index in [2.05, 4.69) is 11.8 Å². The SMILES string of the molecule is CCOP(=O)(CCCC#Cc1ccccc1)OCC. The fourth-order valence-electron chi connectivity index (χ4n) is 1.61. The fraction of sp³-hybridized carbons (Fsp3) is 0.467. The van der Waals surface area contributed by atoms with Gasteiger partial charge in [-0.1, -0.05) is 30.0 Å². The van der Waals surface area contributed by atoms with Crippen LogP contribution >= 0.6 is 7.60 Å². The van der Waals surface area contributed by atoms with Gasteiger partial charge in [-0.15, -0.1) is 0 Å². The van der Waals surface area contributed by atoms with Crippen LogP contribution in [0.15, 0.2) is 30.3 Å². The number of benzene rings is 1. The lowest BCUT2D eigenvalue weighted by Gasteiger charge is -2.15. The molecule has 104 valence electrons. The summed E-state index contributed by atoms with van der Waals surface area (Å²) in [5.74, 6) is 6.15. The predicted molar refractivity (Wildman–Crippen MR) is 78.3 cm³/mol. The van der Waals surface area contributed by atoms with E-state index < -0.39 is 7.60 Å². The van der Waals surface area contributed by atoms with Crippen molar-refractivity contribution in [1.29, 1.82) is 0 Å². The van der Waals surface area contributed by atoms with Gasteiger partial charge in [-0.2, -0.15) is 0 Å². The van der Waals surface area contributed by atoms with Crippen LogP contribution in [-0.4, -0.2) is 19.4 Å². The van der Waals surface area contributed by atoms with Crippen LogP contribution in [0.4, 0.5) is 0 Å². The van der Waals surface area contributed by atoms with Crippen molar-refractivity contribution in [3.63, 3.8) is 0 Å². The average molecular weight is 280 g/mol. The summed E-state index contributed by atoms with van der Waals surface area (Å²) in [6.45, 7) is 4.46. The summed E-state index contributed by atoms with van der Waals surface area (Å²) in [6.07, 6.45) is 1.84. The molecule has 0 aliphatic carbocycles. The average Bonchev–Trinajstić information content (AvgIpc) is 2.40. The summed E-state index contributed by atoms with van der Waals surface area (Å²) in [5.41, 5.74) is 1.00. The van der Waals surface area contributed by atoms with Crippen LogP contribution in [0.5, 0.6) is 0 Å². The summed E-state index contributed by atoms with van der Waals surface area (Å²) in [5, 5.41) is 0. The van der Waals surface area contributed by atoms with Crippen molar-refractivity contribution in [1.82, 2.24) is 0 Å². The van der Waals surface area contributed by atoms with Gasteiger partial charge in [-0.3, -0.25) is 4.57 Å². The Bertz CT molecular complexity index is 449. The lowest BCUT2D eigenvalue weighted by molar-refractivity contribution is 0.220.